The molecule has 0 aliphatic rings. The summed E-state index contributed by atoms with van der Waals surface area (Å²) in [5.41, 5.74) is 0. The lowest BCUT2D eigenvalue weighted by molar-refractivity contribution is -0.185. The largest absolute Gasteiger partial charge is 0.411 e. The molecule has 2 N–H and O–H groups in total. The van der Waals surface area contributed by atoms with Crippen molar-refractivity contribution >= 4 is 15.9 Å². The smallest absolute Gasteiger partial charge is 0.359 e. The first-order valence-corrected chi connectivity index (χ1v) is 7.16. The number of hydrogen-bond donors (Lipinski definition) is 2. The van der Waals surface area contributed by atoms with Crippen molar-refractivity contribution in [3.8, 4) is 0 Å². The van der Waals surface area contributed by atoms with Crippen molar-refractivity contribution in [1.29, 1.82) is 0 Å². The molecule has 0 rings (SSSR count). The summed E-state index contributed by atoms with van der Waals surface area (Å²) in [6.45, 7) is 1.06. The van der Waals surface area contributed by atoms with Crippen molar-refractivity contribution < 1.29 is 31.1 Å². The van der Waals surface area contributed by atoms with Crippen LogP contribution in [0.5, 0.6) is 0 Å². The Bertz CT molecular complexity index is 383. The molecule has 0 spiro atoms. The fourth-order valence-corrected chi connectivity index (χ4v) is 1.55. The third kappa shape index (κ3) is 9.68. The molecule has 0 fully saturated rings. The van der Waals surface area contributed by atoms with Gasteiger partial charge in [-0.2, -0.15) is 13.2 Å². The van der Waals surface area contributed by atoms with E-state index in [1.807, 2.05) is 0 Å². The van der Waals surface area contributed by atoms with Crippen LogP contribution >= 0.6 is 0 Å². The van der Waals surface area contributed by atoms with Gasteiger partial charge in [0.05, 0.1) is 5.75 Å². The molecule has 0 unspecified atom stereocenters. The molecular weight excluding hydrogens is 289 g/mol. The van der Waals surface area contributed by atoms with E-state index in [4.69, 9.17) is 0 Å². The lowest BCUT2D eigenvalue weighted by Gasteiger charge is -2.14. The monoisotopic (exact) mass is 306 g/mol. The maximum absolute atomic E-state index is 11.8. The van der Waals surface area contributed by atoms with Gasteiger partial charge in [0.2, 0.25) is 15.9 Å². The number of sulfonamides is 1. The van der Waals surface area contributed by atoms with Crippen LogP contribution in [0.4, 0.5) is 13.2 Å². The Morgan fingerprint density at radius 2 is 1.89 bits per heavy atom. The van der Waals surface area contributed by atoms with Crippen LogP contribution in [0.15, 0.2) is 0 Å². The normalized spacial score (nSPS) is 14.2. The first-order valence-electron chi connectivity index (χ1n) is 5.51. The number of rotatable bonds is 8. The highest BCUT2D eigenvalue weighted by molar-refractivity contribution is 7.89. The van der Waals surface area contributed by atoms with Gasteiger partial charge >= 0.3 is 6.18 Å². The first-order chi connectivity index (χ1) is 8.57. The van der Waals surface area contributed by atoms with Gasteiger partial charge in [-0.15, -0.1) is 0 Å². The number of nitrogens with one attached hydrogen (secondary N) is 2. The topological polar surface area (TPSA) is 84.5 Å². The van der Waals surface area contributed by atoms with Crippen molar-refractivity contribution in [2.75, 3.05) is 25.4 Å². The van der Waals surface area contributed by atoms with Gasteiger partial charge in [-0.25, -0.2) is 13.1 Å². The van der Waals surface area contributed by atoms with Crippen molar-refractivity contribution in [1.82, 2.24) is 10.0 Å². The molecule has 0 heterocycles. The zero-order chi connectivity index (χ0) is 15.1. The molecular formula is C9H17F3N2O4S. The van der Waals surface area contributed by atoms with Crippen LogP contribution in [-0.4, -0.2) is 52.1 Å². The quantitative estimate of drug-likeness (QED) is 0.619. The number of amides is 1. The highest BCUT2D eigenvalue weighted by Crippen LogP contribution is 2.15. The van der Waals surface area contributed by atoms with E-state index in [1.54, 1.807) is 0 Å². The fraction of sp³-hybridized carbons (Fsp3) is 0.889. The van der Waals surface area contributed by atoms with E-state index in [0.29, 0.717) is 0 Å². The maximum Gasteiger partial charge on any atom is 0.411 e. The second-order valence-electron chi connectivity index (χ2n) is 3.66. The second kappa shape index (κ2) is 7.65. The van der Waals surface area contributed by atoms with Gasteiger partial charge in [-0.3, -0.25) is 4.79 Å². The predicted molar refractivity (Wildman–Crippen MR) is 61.9 cm³/mol. The van der Waals surface area contributed by atoms with Gasteiger partial charge in [0.1, 0.15) is 12.7 Å². The minimum absolute atomic E-state index is 0.0300. The number of alkyl halides is 3. The van der Waals surface area contributed by atoms with Crippen molar-refractivity contribution in [3.63, 3.8) is 0 Å². The van der Waals surface area contributed by atoms with Crippen LogP contribution in [0.1, 0.15) is 13.8 Å². The number of halogens is 3. The lowest BCUT2D eigenvalue weighted by Crippen LogP contribution is -2.40. The Balaban J connectivity index is 3.86. The van der Waals surface area contributed by atoms with E-state index in [9.17, 15) is 26.4 Å². The van der Waals surface area contributed by atoms with Crippen LogP contribution < -0.4 is 10.0 Å². The summed E-state index contributed by atoms with van der Waals surface area (Å²) in [6, 6.07) is 0. The summed E-state index contributed by atoms with van der Waals surface area (Å²) in [5.74, 6) is -0.827. The lowest BCUT2D eigenvalue weighted by atomic mass is 10.3. The van der Waals surface area contributed by atoms with Gasteiger partial charge in [-0.1, -0.05) is 0 Å². The highest BCUT2D eigenvalue weighted by atomic mass is 32.2. The molecule has 0 aliphatic carbocycles. The van der Waals surface area contributed by atoms with Gasteiger partial charge in [-0.05, 0) is 13.8 Å². The van der Waals surface area contributed by atoms with Crippen molar-refractivity contribution in [3.05, 3.63) is 0 Å². The van der Waals surface area contributed by atoms with Gasteiger partial charge in [0.15, 0.2) is 0 Å². The van der Waals surface area contributed by atoms with E-state index in [0.717, 1.165) is 0 Å². The molecule has 114 valence electrons. The van der Waals surface area contributed by atoms with Crippen molar-refractivity contribution in [2.45, 2.75) is 26.1 Å². The third-order valence-corrected chi connectivity index (χ3v) is 3.40. The van der Waals surface area contributed by atoms with Gasteiger partial charge in [0.25, 0.3) is 0 Å². The van der Waals surface area contributed by atoms with Gasteiger partial charge in [0, 0.05) is 13.1 Å². The molecule has 0 saturated carbocycles. The molecule has 19 heavy (non-hydrogen) atoms. The minimum Gasteiger partial charge on any atom is -0.359 e. The standard InChI is InChI=1S/C9H17F3N2O4S/c1-3-19(16,17)14-5-4-13-8(15)7(2)18-6-9(10,11)12/h7,14H,3-6H2,1-2H3,(H,13,15)/t7-/m1/s1. The number of ether oxygens (including phenoxy) is 1. The van der Waals surface area contributed by atoms with Crippen LogP contribution in [0.3, 0.4) is 0 Å². The molecule has 1 amide bonds. The molecule has 0 aromatic rings. The number of carbonyl (C=O) groups is 1. The van der Waals surface area contributed by atoms with Crippen LogP contribution in [0.25, 0.3) is 0 Å². The zero-order valence-corrected chi connectivity index (χ0v) is 11.4. The van der Waals surface area contributed by atoms with E-state index >= 15 is 0 Å². The molecule has 0 aromatic carbocycles. The predicted octanol–water partition coefficient (Wildman–Crippen LogP) is 0.00930. The van der Waals surface area contributed by atoms with E-state index in [-0.39, 0.29) is 18.8 Å². The molecule has 1 atom stereocenters. The van der Waals surface area contributed by atoms with E-state index in [1.165, 1.54) is 13.8 Å². The van der Waals surface area contributed by atoms with Crippen LogP contribution in [0.2, 0.25) is 0 Å². The Morgan fingerprint density at radius 1 is 1.32 bits per heavy atom. The van der Waals surface area contributed by atoms with Gasteiger partial charge < -0.3 is 10.1 Å². The molecule has 0 radical (unpaired) electrons. The average Bonchev–Trinajstić information content (AvgIpc) is 2.30. The van der Waals surface area contributed by atoms with E-state index in [2.05, 4.69) is 14.8 Å². The Kier molecular flexibility index (Phi) is 7.30. The first kappa shape index (κ1) is 18.1. The fourth-order valence-electron chi connectivity index (χ4n) is 0.933. The molecule has 0 aliphatic heterocycles. The average molecular weight is 306 g/mol. The van der Waals surface area contributed by atoms with E-state index < -0.39 is 34.8 Å². The SMILES string of the molecule is CCS(=O)(=O)NCCNC(=O)[C@@H](C)OCC(F)(F)F. The number of hydrogen-bond acceptors (Lipinski definition) is 4. The maximum atomic E-state index is 11.8. The summed E-state index contributed by atoms with van der Waals surface area (Å²) in [5, 5.41) is 2.26. The summed E-state index contributed by atoms with van der Waals surface area (Å²) < 4.78 is 64.0. The Labute approximate surface area is 109 Å². The molecule has 0 aromatic heterocycles. The minimum atomic E-state index is -4.49. The third-order valence-electron chi connectivity index (χ3n) is 1.99. The Hall–Kier alpha value is -0.870. The summed E-state index contributed by atoms with van der Waals surface area (Å²) >= 11 is 0. The summed E-state index contributed by atoms with van der Waals surface area (Å²) in [7, 11) is -3.35. The molecule has 10 heteroatoms. The zero-order valence-electron chi connectivity index (χ0n) is 10.6. The second-order valence-corrected chi connectivity index (χ2v) is 5.75. The highest BCUT2D eigenvalue weighted by Gasteiger charge is 2.29. The summed E-state index contributed by atoms with van der Waals surface area (Å²) in [6.07, 6.45) is -5.75. The van der Waals surface area contributed by atoms with Crippen LogP contribution in [-0.2, 0) is 19.6 Å². The van der Waals surface area contributed by atoms with Crippen LogP contribution in [0, 0.1) is 0 Å². The van der Waals surface area contributed by atoms with Crippen molar-refractivity contribution in [2.24, 2.45) is 0 Å². The molecule has 0 saturated heterocycles. The summed E-state index contributed by atoms with van der Waals surface area (Å²) in [4.78, 5) is 11.3. The molecule has 6 nitrogen and oxygen atoms in total. The number of carbonyl (C=O) groups excluding carboxylic acids is 1. The molecule has 0 bridgehead atoms. The Morgan fingerprint density at radius 3 is 2.37 bits per heavy atom.